The van der Waals surface area contributed by atoms with Gasteiger partial charge in [0.05, 0.1) is 5.69 Å². The van der Waals surface area contributed by atoms with Gasteiger partial charge in [0.25, 0.3) is 5.56 Å². The van der Waals surface area contributed by atoms with Crippen LogP contribution >= 0.6 is 0 Å². The van der Waals surface area contributed by atoms with Crippen molar-refractivity contribution >= 4 is 23.1 Å². The fraction of sp³-hybridized carbons (Fsp3) is 0.190. The average Bonchev–Trinajstić information content (AvgIpc) is 2.73. The van der Waals surface area contributed by atoms with Gasteiger partial charge >= 0.3 is 0 Å². The number of hydrogen-bond donors (Lipinski definition) is 3. The Bertz CT molecular complexity index is 1110. The Labute approximate surface area is 157 Å². The summed E-state index contributed by atoms with van der Waals surface area (Å²) in [6.45, 7) is 1.81. The van der Waals surface area contributed by atoms with Crippen LogP contribution in [0.2, 0.25) is 0 Å². The second-order valence-corrected chi connectivity index (χ2v) is 6.51. The summed E-state index contributed by atoms with van der Waals surface area (Å²) in [4.78, 5) is 17.4. The zero-order chi connectivity index (χ0) is 18.8. The number of anilines is 1. The standard InChI is InChI=1S/C21H21N5O/c1-23-18-4-2-15(10-17(18)12-22)19-11-21(27)26-13-16(3-5-20(26)25-19)14-6-8-24-9-7-14/h2-6,10-13,22-24H,7-9H2,1H3. The Hall–Kier alpha value is -3.25. The molecule has 0 spiro atoms. The number of fused-ring (bicyclic) bond motifs is 1. The third-order valence-corrected chi connectivity index (χ3v) is 4.87. The lowest BCUT2D eigenvalue weighted by Crippen LogP contribution is -2.20. The molecular formula is C21H21N5O. The minimum absolute atomic E-state index is 0.111. The Morgan fingerprint density at radius 2 is 2.07 bits per heavy atom. The molecule has 6 heteroatoms. The number of hydrogen-bond acceptors (Lipinski definition) is 5. The Morgan fingerprint density at radius 1 is 1.22 bits per heavy atom. The Balaban J connectivity index is 1.79. The van der Waals surface area contributed by atoms with E-state index >= 15 is 0 Å². The molecule has 0 unspecified atom stereocenters. The molecule has 0 saturated carbocycles. The van der Waals surface area contributed by atoms with Crippen molar-refractivity contribution in [3.05, 3.63) is 70.2 Å². The zero-order valence-electron chi connectivity index (χ0n) is 15.1. The summed E-state index contributed by atoms with van der Waals surface area (Å²) in [6, 6.07) is 11.1. The number of pyridine rings is 1. The molecule has 2 aromatic heterocycles. The Kier molecular flexibility index (Phi) is 4.56. The fourth-order valence-corrected chi connectivity index (χ4v) is 3.39. The molecule has 0 atom stereocenters. The summed E-state index contributed by atoms with van der Waals surface area (Å²) < 4.78 is 1.60. The van der Waals surface area contributed by atoms with E-state index < -0.39 is 0 Å². The summed E-state index contributed by atoms with van der Waals surface area (Å²) in [5, 5.41) is 13.9. The van der Waals surface area contributed by atoms with Crippen LogP contribution in [-0.2, 0) is 0 Å². The van der Waals surface area contributed by atoms with Crippen molar-refractivity contribution in [1.82, 2.24) is 14.7 Å². The summed E-state index contributed by atoms with van der Waals surface area (Å²) in [7, 11) is 1.82. The summed E-state index contributed by atoms with van der Waals surface area (Å²) in [5.41, 5.74) is 5.87. The topological polar surface area (TPSA) is 82.3 Å². The highest BCUT2D eigenvalue weighted by atomic mass is 16.1. The van der Waals surface area contributed by atoms with Crippen molar-refractivity contribution in [2.24, 2.45) is 0 Å². The lowest BCUT2D eigenvalue weighted by Gasteiger charge is -2.15. The van der Waals surface area contributed by atoms with E-state index in [2.05, 4.69) is 21.7 Å². The van der Waals surface area contributed by atoms with E-state index in [4.69, 9.17) is 5.41 Å². The number of nitrogens with zero attached hydrogens (tertiary/aromatic N) is 2. The smallest absolute Gasteiger partial charge is 0.258 e. The van der Waals surface area contributed by atoms with Crippen LogP contribution in [0.5, 0.6) is 0 Å². The predicted octanol–water partition coefficient (Wildman–Crippen LogP) is 2.78. The number of benzene rings is 1. The van der Waals surface area contributed by atoms with Gasteiger partial charge in [-0.3, -0.25) is 9.20 Å². The Morgan fingerprint density at radius 3 is 2.81 bits per heavy atom. The summed E-state index contributed by atoms with van der Waals surface area (Å²) >= 11 is 0. The molecule has 0 amide bonds. The van der Waals surface area contributed by atoms with Crippen molar-refractivity contribution in [3.8, 4) is 11.3 Å². The highest BCUT2D eigenvalue weighted by Crippen LogP contribution is 2.24. The number of nitrogens with one attached hydrogen (secondary N) is 3. The van der Waals surface area contributed by atoms with Crippen LogP contribution in [0, 0.1) is 5.41 Å². The molecule has 0 bridgehead atoms. The first-order chi connectivity index (χ1) is 13.2. The number of rotatable bonds is 4. The molecule has 1 aromatic carbocycles. The van der Waals surface area contributed by atoms with Crippen LogP contribution in [-0.4, -0.2) is 35.7 Å². The van der Waals surface area contributed by atoms with Crippen LogP contribution in [0.1, 0.15) is 17.5 Å². The zero-order valence-corrected chi connectivity index (χ0v) is 15.1. The molecule has 6 nitrogen and oxygen atoms in total. The van der Waals surface area contributed by atoms with Crippen molar-refractivity contribution in [2.75, 3.05) is 25.5 Å². The van der Waals surface area contributed by atoms with Gasteiger partial charge < -0.3 is 16.0 Å². The molecule has 3 N–H and O–H groups in total. The van der Waals surface area contributed by atoms with Gasteiger partial charge in [0.15, 0.2) is 0 Å². The van der Waals surface area contributed by atoms with Crippen LogP contribution in [0.15, 0.2) is 53.5 Å². The molecule has 0 aliphatic carbocycles. The molecule has 0 radical (unpaired) electrons. The first-order valence-electron chi connectivity index (χ1n) is 8.96. The maximum atomic E-state index is 12.7. The molecule has 27 heavy (non-hydrogen) atoms. The van der Waals surface area contributed by atoms with E-state index in [1.165, 1.54) is 11.8 Å². The molecule has 1 aliphatic rings. The van der Waals surface area contributed by atoms with Gasteiger partial charge in [0, 0.05) is 48.9 Å². The quantitative estimate of drug-likeness (QED) is 0.626. The highest BCUT2D eigenvalue weighted by molar-refractivity contribution is 5.88. The van der Waals surface area contributed by atoms with Gasteiger partial charge in [0.1, 0.15) is 5.65 Å². The van der Waals surface area contributed by atoms with Crippen molar-refractivity contribution in [3.63, 3.8) is 0 Å². The van der Waals surface area contributed by atoms with E-state index in [9.17, 15) is 4.79 Å². The molecule has 3 heterocycles. The largest absolute Gasteiger partial charge is 0.388 e. The lowest BCUT2D eigenvalue weighted by molar-refractivity contribution is 0.738. The van der Waals surface area contributed by atoms with E-state index in [-0.39, 0.29) is 5.56 Å². The van der Waals surface area contributed by atoms with Crippen LogP contribution < -0.4 is 16.2 Å². The van der Waals surface area contributed by atoms with Crippen molar-refractivity contribution in [1.29, 1.82) is 5.41 Å². The van der Waals surface area contributed by atoms with E-state index in [1.807, 2.05) is 43.6 Å². The molecular weight excluding hydrogens is 338 g/mol. The first kappa shape index (κ1) is 17.2. The lowest BCUT2D eigenvalue weighted by atomic mass is 10.0. The van der Waals surface area contributed by atoms with Gasteiger partial charge in [-0.25, -0.2) is 4.98 Å². The molecule has 0 saturated heterocycles. The monoisotopic (exact) mass is 359 g/mol. The second-order valence-electron chi connectivity index (χ2n) is 6.51. The van der Waals surface area contributed by atoms with Crippen molar-refractivity contribution < 1.29 is 0 Å². The summed E-state index contributed by atoms with van der Waals surface area (Å²) in [6.07, 6.45) is 6.29. The van der Waals surface area contributed by atoms with Gasteiger partial charge in [-0.05, 0) is 48.4 Å². The van der Waals surface area contributed by atoms with E-state index in [1.54, 1.807) is 10.5 Å². The van der Waals surface area contributed by atoms with E-state index in [0.717, 1.165) is 41.9 Å². The molecule has 3 aromatic rings. The highest BCUT2D eigenvalue weighted by Gasteiger charge is 2.10. The van der Waals surface area contributed by atoms with Crippen LogP contribution in [0.4, 0.5) is 5.69 Å². The molecule has 136 valence electrons. The molecule has 1 aliphatic heterocycles. The van der Waals surface area contributed by atoms with Gasteiger partial charge in [-0.1, -0.05) is 12.1 Å². The van der Waals surface area contributed by atoms with E-state index in [0.29, 0.717) is 11.3 Å². The third kappa shape index (κ3) is 3.27. The fourth-order valence-electron chi connectivity index (χ4n) is 3.39. The minimum atomic E-state index is -0.111. The summed E-state index contributed by atoms with van der Waals surface area (Å²) in [5.74, 6) is 0. The third-order valence-electron chi connectivity index (χ3n) is 4.87. The second kappa shape index (κ2) is 7.17. The van der Waals surface area contributed by atoms with Gasteiger partial charge in [-0.2, -0.15) is 0 Å². The molecule has 4 rings (SSSR count). The van der Waals surface area contributed by atoms with Crippen LogP contribution in [0.25, 0.3) is 22.5 Å². The maximum Gasteiger partial charge on any atom is 0.258 e. The van der Waals surface area contributed by atoms with Crippen molar-refractivity contribution in [2.45, 2.75) is 6.42 Å². The molecule has 0 fully saturated rings. The van der Waals surface area contributed by atoms with Gasteiger partial charge in [0.2, 0.25) is 0 Å². The van der Waals surface area contributed by atoms with Crippen LogP contribution in [0.3, 0.4) is 0 Å². The van der Waals surface area contributed by atoms with Gasteiger partial charge in [-0.15, -0.1) is 0 Å². The SMILES string of the molecule is CNc1ccc(-c2cc(=O)n3cc(C4=CCNCC4)ccc3n2)cc1C=N. The predicted molar refractivity (Wildman–Crippen MR) is 110 cm³/mol. The first-order valence-corrected chi connectivity index (χ1v) is 8.96. The average molecular weight is 359 g/mol. The number of aromatic nitrogens is 2. The maximum absolute atomic E-state index is 12.7. The normalized spacial score (nSPS) is 14.0. The minimum Gasteiger partial charge on any atom is -0.388 e.